The molecule has 1 spiro atoms. The van der Waals surface area contributed by atoms with Gasteiger partial charge in [0.1, 0.15) is 0 Å². The van der Waals surface area contributed by atoms with Gasteiger partial charge in [-0.2, -0.15) is 0 Å². The van der Waals surface area contributed by atoms with E-state index >= 15 is 0 Å². The molecule has 80 valence electrons. The molecule has 0 aromatic rings. The number of hydrogen-bond acceptors (Lipinski definition) is 2. The van der Waals surface area contributed by atoms with Gasteiger partial charge in [0.15, 0.2) is 0 Å². The second-order valence-electron chi connectivity index (χ2n) is 5.78. The molecule has 1 N–H and O–H groups in total. The van der Waals surface area contributed by atoms with Gasteiger partial charge in [-0.25, -0.2) is 13.1 Å². The van der Waals surface area contributed by atoms with Crippen LogP contribution in [0, 0.1) is 16.7 Å². The molecule has 0 amide bonds. The van der Waals surface area contributed by atoms with Crippen LogP contribution in [-0.2, 0) is 10.0 Å². The molecule has 2 saturated carbocycles. The lowest BCUT2D eigenvalue weighted by molar-refractivity contribution is 0.146. The summed E-state index contributed by atoms with van der Waals surface area (Å²) in [4.78, 5) is 0. The van der Waals surface area contributed by atoms with Gasteiger partial charge in [-0.1, -0.05) is 13.8 Å². The molecule has 2 aliphatic carbocycles. The Bertz CT molecular complexity index is 387. The van der Waals surface area contributed by atoms with Crippen molar-refractivity contribution in [2.24, 2.45) is 16.7 Å². The maximum atomic E-state index is 11.6. The van der Waals surface area contributed by atoms with Crippen LogP contribution < -0.4 is 4.72 Å². The lowest BCUT2D eigenvalue weighted by Gasteiger charge is -2.36. The van der Waals surface area contributed by atoms with Gasteiger partial charge in [0.05, 0.1) is 5.75 Å². The highest BCUT2D eigenvalue weighted by Crippen LogP contribution is 2.67. The monoisotopic (exact) mass is 215 g/mol. The molecular formula is C10H17NO2S. The quantitative estimate of drug-likeness (QED) is 0.658. The van der Waals surface area contributed by atoms with Crippen LogP contribution in [0.25, 0.3) is 0 Å². The van der Waals surface area contributed by atoms with Gasteiger partial charge < -0.3 is 0 Å². The second kappa shape index (κ2) is 2.19. The van der Waals surface area contributed by atoms with Crippen LogP contribution >= 0.6 is 0 Å². The van der Waals surface area contributed by atoms with Crippen molar-refractivity contribution < 1.29 is 8.42 Å². The summed E-state index contributed by atoms with van der Waals surface area (Å²) in [6, 6.07) is 0.237. The first kappa shape index (κ1) is 9.16. The topological polar surface area (TPSA) is 46.2 Å². The van der Waals surface area contributed by atoms with Crippen molar-refractivity contribution in [3.63, 3.8) is 0 Å². The fourth-order valence-corrected chi connectivity index (χ4v) is 6.42. The molecular weight excluding hydrogens is 198 g/mol. The number of fused-ring (bicyclic) bond motifs is 1. The Labute approximate surface area is 85.3 Å². The van der Waals surface area contributed by atoms with Crippen LogP contribution in [0.4, 0.5) is 0 Å². The van der Waals surface area contributed by atoms with Crippen molar-refractivity contribution in [1.29, 1.82) is 0 Å². The molecule has 1 heterocycles. The summed E-state index contributed by atoms with van der Waals surface area (Å²) in [6.07, 6.45) is 3.38. The van der Waals surface area contributed by atoms with Crippen molar-refractivity contribution in [1.82, 2.24) is 4.72 Å². The summed E-state index contributed by atoms with van der Waals surface area (Å²) < 4.78 is 26.0. The molecule has 0 aromatic carbocycles. The Kier molecular flexibility index (Phi) is 1.43. The maximum Gasteiger partial charge on any atom is 0.212 e. The first-order chi connectivity index (χ1) is 6.37. The van der Waals surface area contributed by atoms with E-state index in [9.17, 15) is 8.42 Å². The smallest absolute Gasteiger partial charge is 0.212 e. The molecule has 3 atom stereocenters. The van der Waals surface area contributed by atoms with Gasteiger partial charge in [-0.15, -0.1) is 0 Å². The minimum absolute atomic E-state index is 0.0521. The summed E-state index contributed by atoms with van der Waals surface area (Å²) in [6.45, 7) is 4.51. The first-order valence-electron chi connectivity index (χ1n) is 5.37. The molecule has 14 heavy (non-hydrogen) atoms. The Morgan fingerprint density at radius 2 is 2.07 bits per heavy atom. The maximum absolute atomic E-state index is 11.6. The molecule has 4 heteroatoms. The zero-order chi connectivity index (χ0) is 10.2. The zero-order valence-corrected chi connectivity index (χ0v) is 9.52. The Hall–Kier alpha value is -0.0900. The Morgan fingerprint density at radius 3 is 2.64 bits per heavy atom. The molecule has 1 saturated heterocycles. The first-order valence-corrected chi connectivity index (χ1v) is 7.03. The molecule has 0 aromatic heterocycles. The zero-order valence-electron chi connectivity index (χ0n) is 8.71. The third-order valence-electron chi connectivity index (χ3n) is 5.20. The molecule has 0 radical (unpaired) electrons. The van der Waals surface area contributed by atoms with Crippen molar-refractivity contribution >= 4 is 10.0 Å². The van der Waals surface area contributed by atoms with Crippen molar-refractivity contribution in [3.8, 4) is 0 Å². The number of hydrogen-bond donors (Lipinski definition) is 1. The summed E-state index contributed by atoms with van der Waals surface area (Å²) in [7, 11) is -2.97. The van der Waals surface area contributed by atoms with Gasteiger partial charge in [0, 0.05) is 11.5 Å². The minimum atomic E-state index is -2.97. The lowest BCUT2D eigenvalue weighted by atomic mass is 9.69. The fraction of sp³-hybridized carbons (Fsp3) is 1.00. The second-order valence-corrected chi connectivity index (χ2v) is 7.53. The predicted molar refractivity (Wildman–Crippen MR) is 54.3 cm³/mol. The number of rotatable bonds is 0. The highest BCUT2D eigenvalue weighted by molar-refractivity contribution is 7.89. The lowest BCUT2D eigenvalue weighted by Crippen LogP contribution is -2.39. The third kappa shape index (κ3) is 0.807. The normalized spacial score (nSPS) is 52.1. The molecule has 3 aliphatic rings. The van der Waals surface area contributed by atoms with Gasteiger partial charge in [-0.3, -0.25) is 0 Å². The average molecular weight is 215 g/mol. The standard InChI is InChI=1S/C10H17NO2S/c1-9(2)7-3-4-10(9)6-14(12,13)11-8(10)5-7/h7-8,11H,3-6H2,1-2H3/t7?,8-,10-/m0/s1. The third-order valence-corrected chi connectivity index (χ3v) is 6.74. The van der Waals surface area contributed by atoms with E-state index in [0.29, 0.717) is 5.75 Å². The Morgan fingerprint density at radius 1 is 1.36 bits per heavy atom. The van der Waals surface area contributed by atoms with E-state index in [2.05, 4.69) is 18.6 Å². The van der Waals surface area contributed by atoms with Crippen LogP contribution in [0.1, 0.15) is 33.1 Å². The van der Waals surface area contributed by atoms with E-state index in [4.69, 9.17) is 0 Å². The summed E-state index contributed by atoms with van der Waals surface area (Å²) in [5.41, 5.74) is 0.269. The molecule has 3 nitrogen and oxygen atoms in total. The van der Waals surface area contributed by atoms with Crippen LogP contribution in [0.5, 0.6) is 0 Å². The summed E-state index contributed by atoms with van der Waals surface area (Å²) >= 11 is 0. The van der Waals surface area contributed by atoms with Crippen molar-refractivity contribution in [3.05, 3.63) is 0 Å². The largest absolute Gasteiger partial charge is 0.212 e. The SMILES string of the molecule is CC1(C)C2CC[C@@]13CS(=O)(=O)N[C@H]3C2. The van der Waals surface area contributed by atoms with E-state index in [1.54, 1.807) is 0 Å². The van der Waals surface area contributed by atoms with E-state index in [-0.39, 0.29) is 16.9 Å². The van der Waals surface area contributed by atoms with Crippen molar-refractivity contribution in [2.75, 3.05) is 5.75 Å². The fourth-order valence-electron chi connectivity index (χ4n) is 4.18. The highest BCUT2D eigenvalue weighted by Gasteiger charge is 2.68. The van der Waals surface area contributed by atoms with Crippen LogP contribution in [0.3, 0.4) is 0 Å². The number of nitrogens with one attached hydrogen (secondary N) is 1. The van der Waals surface area contributed by atoms with Gasteiger partial charge in [0.25, 0.3) is 0 Å². The summed E-state index contributed by atoms with van der Waals surface area (Å²) in [5.74, 6) is 1.10. The highest BCUT2D eigenvalue weighted by atomic mass is 32.2. The average Bonchev–Trinajstić information content (AvgIpc) is 2.50. The van der Waals surface area contributed by atoms with Gasteiger partial charge in [0.2, 0.25) is 10.0 Å². The van der Waals surface area contributed by atoms with Crippen LogP contribution in [-0.4, -0.2) is 20.2 Å². The number of sulfonamides is 1. The molecule has 3 fully saturated rings. The van der Waals surface area contributed by atoms with E-state index in [1.165, 1.54) is 6.42 Å². The van der Waals surface area contributed by atoms with E-state index in [0.717, 1.165) is 18.8 Å². The van der Waals surface area contributed by atoms with Crippen molar-refractivity contribution in [2.45, 2.75) is 39.2 Å². The Balaban J connectivity index is 2.13. The van der Waals surface area contributed by atoms with E-state index in [1.807, 2.05) is 0 Å². The molecule has 2 bridgehead atoms. The molecule has 1 unspecified atom stereocenters. The van der Waals surface area contributed by atoms with Gasteiger partial charge in [-0.05, 0) is 30.6 Å². The summed E-state index contributed by atoms with van der Waals surface area (Å²) in [5, 5.41) is 0. The predicted octanol–water partition coefficient (Wildman–Crippen LogP) is 1.11. The van der Waals surface area contributed by atoms with Crippen LogP contribution in [0.15, 0.2) is 0 Å². The van der Waals surface area contributed by atoms with E-state index < -0.39 is 10.0 Å². The molecule has 3 rings (SSSR count). The minimum Gasteiger partial charge on any atom is -0.212 e. The molecule has 1 aliphatic heterocycles. The van der Waals surface area contributed by atoms with Crippen LogP contribution in [0.2, 0.25) is 0 Å². The van der Waals surface area contributed by atoms with Gasteiger partial charge >= 0.3 is 0 Å².